The predicted octanol–water partition coefficient (Wildman–Crippen LogP) is 5.17. The Morgan fingerprint density at radius 1 is 1.00 bits per heavy atom. The number of carbonyl (C=O) groups is 2. The molecule has 0 aliphatic carbocycles. The number of thiophene rings is 1. The third kappa shape index (κ3) is 3.94. The Morgan fingerprint density at radius 2 is 1.68 bits per heavy atom. The largest absolute Gasteiger partial charge is 0.365 e. The quantitative estimate of drug-likeness (QED) is 0.459. The van der Waals surface area contributed by atoms with Crippen LogP contribution in [0.4, 0.5) is 5.00 Å². The van der Waals surface area contributed by atoms with Gasteiger partial charge in [-0.3, -0.25) is 14.6 Å². The highest BCUT2D eigenvalue weighted by molar-refractivity contribution is 7.17. The maximum absolute atomic E-state index is 13.0. The lowest BCUT2D eigenvalue weighted by Gasteiger charge is -2.13. The van der Waals surface area contributed by atoms with E-state index in [2.05, 4.69) is 10.3 Å². The van der Waals surface area contributed by atoms with E-state index in [0.29, 0.717) is 10.6 Å². The van der Waals surface area contributed by atoms with Crippen molar-refractivity contribution < 1.29 is 9.59 Å². The van der Waals surface area contributed by atoms with Gasteiger partial charge >= 0.3 is 0 Å². The first-order valence-corrected chi connectivity index (χ1v) is 10.8. The molecule has 0 fully saturated rings. The second-order valence-electron chi connectivity index (χ2n) is 7.51. The Hall–Kier alpha value is -3.51. The summed E-state index contributed by atoms with van der Waals surface area (Å²) >= 11 is 1.37. The van der Waals surface area contributed by atoms with Crippen LogP contribution in [-0.2, 0) is 11.2 Å². The van der Waals surface area contributed by atoms with Gasteiger partial charge in [-0.05, 0) is 43.5 Å². The van der Waals surface area contributed by atoms with Crippen LogP contribution in [-0.4, -0.2) is 16.8 Å². The Labute approximate surface area is 184 Å². The number of benzene rings is 2. The standard InChI is InChI=1S/C25H23N3O2S/c1-14-18-11-7-8-12-20(18)27-15(2)19(14)13-21(29)28-25-23(24(26)30)22(16(3)31-25)17-9-5-4-6-10-17/h4-12H,13H2,1-3H3,(H2,26,30)(H,28,29). The second-order valence-corrected chi connectivity index (χ2v) is 8.74. The number of hydrogen-bond acceptors (Lipinski definition) is 4. The fraction of sp³-hybridized carbons (Fsp3) is 0.160. The van der Waals surface area contributed by atoms with E-state index in [1.54, 1.807) is 0 Å². The number of nitrogens with two attached hydrogens (primary N) is 1. The van der Waals surface area contributed by atoms with Crippen molar-refractivity contribution >= 4 is 39.1 Å². The smallest absolute Gasteiger partial charge is 0.252 e. The van der Waals surface area contributed by atoms with E-state index in [9.17, 15) is 9.59 Å². The number of nitrogens with zero attached hydrogens (tertiary/aromatic N) is 1. The molecule has 4 rings (SSSR count). The maximum atomic E-state index is 13.0. The molecule has 0 aliphatic heterocycles. The number of carbonyl (C=O) groups excluding carboxylic acids is 2. The van der Waals surface area contributed by atoms with Gasteiger partial charge < -0.3 is 11.1 Å². The zero-order chi connectivity index (χ0) is 22.1. The molecule has 6 heteroatoms. The number of amides is 2. The molecule has 0 atom stereocenters. The summed E-state index contributed by atoms with van der Waals surface area (Å²) in [4.78, 5) is 30.8. The molecule has 31 heavy (non-hydrogen) atoms. The maximum Gasteiger partial charge on any atom is 0.252 e. The fourth-order valence-corrected chi connectivity index (χ4v) is 5.08. The van der Waals surface area contributed by atoms with Gasteiger partial charge in [0.15, 0.2) is 0 Å². The van der Waals surface area contributed by atoms with E-state index < -0.39 is 5.91 Å². The summed E-state index contributed by atoms with van der Waals surface area (Å²) in [5, 5.41) is 4.44. The number of para-hydroxylation sites is 1. The van der Waals surface area contributed by atoms with E-state index in [4.69, 9.17) is 5.73 Å². The third-order valence-corrected chi connectivity index (χ3v) is 6.49. The van der Waals surface area contributed by atoms with E-state index in [1.807, 2.05) is 75.4 Å². The molecule has 0 radical (unpaired) electrons. The topological polar surface area (TPSA) is 85.1 Å². The molecule has 0 saturated heterocycles. The molecular weight excluding hydrogens is 406 g/mol. The number of aryl methyl sites for hydroxylation is 3. The summed E-state index contributed by atoms with van der Waals surface area (Å²) < 4.78 is 0. The molecule has 4 aromatic rings. The van der Waals surface area contributed by atoms with Crippen LogP contribution in [0.3, 0.4) is 0 Å². The number of hydrogen-bond donors (Lipinski definition) is 2. The summed E-state index contributed by atoms with van der Waals surface area (Å²) in [6, 6.07) is 17.5. The van der Waals surface area contributed by atoms with Crippen molar-refractivity contribution in [2.24, 2.45) is 5.73 Å². The van der Waals surface area contributed by atoms with Crippen LogP contribution in [0.1, 0.15) is 32.1 Å². The molecule has 3 N–H and O–H groups in total. The van der Waals surface area contributed by atoms with E-state index in [0.717, 1.165) is 43.7 Å². The molecule has 5 nitrogen and oxygen atoms in total. The minimum Gasteiger partial charge on any atom is -0.365 e. The highest BCUT2D eigenvalue weighted by Gasteiger charge is 2.23. The average Bonchev–Trinajstić information content (AvgIpc) is 3.07. The molecule has 2 amide bonds. The van der Waals surface area contributed by atoms with Crippen LogP contribution in [0.25, 0.3) is 22.0 Å². The average molecular weight is 430 g/mol. The second kappa shape index (κ2) is 8.32. The van der Waals surface area contributed by atoms with E-state index >= 15 is 0 Å². The number of primary amides is 1. The molecule has 0 unspecified atom stereocenters. The normalized spacial score (nSPS) is 10.9. The lowest BCUT2D eigenvalue weighted by Crippen LogP contribution is -2.19. The molecule has 2 aromatic carbocycles. The van der Waals surface area contributed by atoms with Gasteiger partial charge in [0.1, 0.15) is 5.00 Å². The first-order valence-electron chi connectivity index (χ1n) is 10.00. The van der Waals surface area contributed by atoms with Crippen LogP contribution >= 0.6 is 11.3 Å². The molecular formula is C25H23N3O2S. The Morgan fingerprint density at radius 3 is 2.39 bits per heavy atom. The minimum absolute atomic E-state index is 0.172. The monoisotopic (exact) mass is 429 g/mol. The Balaban J connectivity index is 1.67. The lowest BCUT2D eigenvalue weighted by atomic mass is 9.99. The number of pyridine rings is 1. The van der Waals surface area contributed by atoms with Crippen molar-refractivity contribution in [3.63, 3.8) is 0 Å². The highest BCUT2D eigenvalue weighted by Crippen LogP contribution is 2.39. The van der Waals surface area contributed by atoms with Gasteiger partial charge in [-0.2, -0.15) is 0 Å². The number of rotatable bonds is 5. The lowest BCUT2D eigenvalue weighted by molar-refractivity contribution is -0.115. The van der Waals surface area contributed by atoms with Gasteiger partial charge in [0.2, 0.25) is 5.91 Å². The Kier molecular flexibility index (Phi) is 5.57. The Bertz CT molecular complexity index is 1310. The van der Waals surface area contributed by atoms with Gasteiger partial charge in [-0.15, -0.1) is 11.3 Å². The van der Waals surface area contributed by atoms with Gasteiger partial charge in [-0.25, -0.2) is 0 Å². The van der Waals surface area contributed by atoms with Crippen molar-refractivity contribution in [2.45, 2.75) is 27.2 Å². The van der Waals surface area contributed by atoms with Crippen molar-refractivity contribution in [1.82, 2.24) is 4.98 Å². The van der Waals surface area contributed by atoms with Gasteiger partial charge in [0.05, 0.1) is 17.5 Å². The summed E-state index contributed by atoms with van der Waals surface area (Å²) in [5.41, 5.74) is 11.4. The minimum atomic E-state index is -0.557. The SMILES string of the molecule is Cc1nc2ccccc2c(C)c1CC(=O)Nc1sc(C)c(-c2ccccc2)c1C(N)=O. The molecule has 0 saturated carbocycles. The first-order chi connectivity index (χ1) is 14.9. The molecule has 0 bridgehead atoms. The van der Waals surface area contributed by atoms with Crippen LogP contribution in [0, 0.1) is 20.8 Å². The zero-order valence-corrected chi connectivity index (χ0v) is 18.5. The highest BCUT2D eigenvalue weighted by atomic mass is 32.1. The number of fused-ring (bicyclic) bond motifs is 1. The molecule has 156 valence electrons. The van der Waals surface area contributed by atoms with Crippen molar-refractivity contribution in [2.75, 3.05) is 5.32 Å². The molecule has 2 heterocycles. The van der Waals surface area contributed by atoms with Crippen LogP contribution < -0.4 is 11.1 Å². The van der Waals surface area contributed by atoms with Gasteiger partial charge in [-0.1, -0.05) is 48.5 Å². The molecule has 0 aliphatic rings. The van der Waals surface area contributed by atoms with Crippen molar-refractivity contribution in [3.8, 4) is 11.1 Å². The summed E-state index contributed by atoms with van der Waals surface area (Å²) in [6.07, 6.45) is 0.172. The van der Waals surface area contributed by atoms with Gasteiger partial charge in [0, 0.05) is 21.5 Å². The van der Waals surface area contributed by atoms with E-state index in [1.165, 1.54) is 11.3 Å². The third-order valence-electron chi connectivity index (χ3n) is 5.47. The molecule has 2 aromatic heterocycles. The number of anilines is 1. The molecule has 0 spiro atoms. The summed E-state index contributed by atoms with van der Waals surface area (Å²) in [7, 11) is 0. The number of nitrogens with one attached hydrogen (secondary N) is 1. The van der Waals surface area contributed by atoms with E-state index in [-0.39, 0.29) is 12.3 Å². The van der Waals surface area contributed by atoms with Crippen LogP contribution in [0.15, 0.2) is 54.6 Å². The number of aromatic nitrogens is 1. The fourth-order valence-electron chi connectivity index (χ4n) is 3.98. The van der Waals surface area contributed by atoms with Gasteiger partial charge in [0.25, 0.3) is 5.91 Å². The van der Waals surface area contributed by atoms with Crippen molar-refractivity contribution in [3.05, 3.63) is 81.9 Å². The summed E-state index contributed by atoms with van der Waals surface area (Å²) in [6.45, 7) is 5.85. The van der Waals surface area contributed by atoms with Crippen LogP contribution in [0.5, 0.6) is 0 Å². The zero-order valence-electron chi connectivity index (χ0n) is 17.7. The van der Waals surface area contributed by atoms with Crippen molar-refractivity contribution in [1.29, 1.82) is 0 Å². The first kappa shape index (κ1) is 20.8. The summed E-state index contributed by atoms with van der Waals surface area (Å²) in [5.74, 6) is -0.759. The predicted molar refractivity (Wildman–Crippen MR) is 127 cm³/mol. The van der Waals surface area contributed by atoms with Crippen LogP contribution in [0.2, 0.25) is 0 Å².